The van der Waals surface area contributed by atoms with E-state index in [1.807, 2.05) is 6.07 Å². The van der Waals surface area contributed by atoms with Crippen LogP contribution in [0.15, 0.2) is 42.6 Å². The normalized spacial score (nSPS) is 10.9. The molecule has 4 rings (SSSR count). The Morgan fingerprint density at radius 1 is 1.14 bits per heavy atom. The summed E-state index contributed by atoms with van der Waals surface area (Å²) in [5, 5.41) is 9.94. The topological polar surface area (TPSA) is 87.7 Å². The summed E-state index contributed by atoms with van der Waals surface area (Å²) in [6, 6.07) is 10.2. The van der Waals surface area contributed by atoms with Crippen LogP contribution in [0.4, 0.5) is 19.0 Å². The standard InChI is InChI=1S/C21H13F3N4O/c1-29-12-4-2-10(3-5-12)17-14(8-25)19(28-21(26)18(17)24)15-9-27-20-13(15)6-11(22)7-16(20)23/h2-7,9,27H,1H3,(H2,26,28). The number of H-pyrrole nitrogens is 1. The number of nitrogens with zero attached hydrogens (tertiary/aromatic N) is 2. The number of hydrogen-bond donors (Lipinski definition) is 2. The van der Waals surface area contributed by atoms with Gasteiger partial charge in [-0.3, -0.25) is 0 Å². The Hall–Kier alpha value is -3.99. The molecule has 0 aliphatic rings. The number of nitrogen functional groups attached to an aromatic ring is 1. The van der Waals surface area contributed by atoms with Gasteiger partial charge < -0.3 is 15.5 Å². The van der Waals surface area contributed by atoms with Crippen LogP contribution in [-0.4, -0.2) is 17.1 Å². The summed E-state index contributed by atoms with van der Waals surface area (Å²) in [5.74, 6) is -2.32. The summed E-state index contributed by atoms with van der Waals surface area (Å²) in [6.45, 7) is 0. The molecule has 8 heteroatoms. The molecule has 4 aromatic rings. The molecule has 0 saturated heterocycles. The second-order valence-electron chi connectivity index (χ2n) is 6.26. The van der Waals surface area contributed by atoms with E-state index < -0.39 is 23.3 Å². The molecule has 0 unspecified atom stereocenters. The number of fused-ring (bicyclic) bond motifs is 1. The average Bonchev–Trinajstić information content (AvgIpc) is 3.13. The molecule has 0 aliphatic carbocycles. The van der Waals surface area contributed by atoms with Crippen molar-refractivity contribution >= 4 is 16.7 Å². The number of aromatic amines is 1. The Bertz CT molecular complexity index is 1290. The minimum Gasteiger partial charge on any atom is -0.497 e. The zero-order valence-corrected chi connectivity index (χ0v) is 15.1. The largest absolute Gasteiger partial charge is 0.497 e. The number of rotatable bonds is 3. The number of halogens is 3. The minimum atomic E-state index is -0.854. The van der Waals surface area contributed by atoms with Gasteiger partial charge in [0.05, 0.1) is 23.9 Å². The Morgan fingerprint density at radius 3 is 2.52 bits per heavy atom. The zero-order valence-electron chi connectivity index (χ0n) is 15.1. The molecule has 0 amide bonds. The predicted octanol–water partition coefficient (Wildman–Crippen LogP) is 4.78. The number of aromatic nitrogens is 2. The fourth-order valence-electron chi connectivity index (χ4n) is 3.26. The molecular weight excluding hydrogens is 381 g/mol. The van der Waals surface area contributed by atoms with Gasteiger partial charge in [-0.2, -0.15) is 5.26 Å². The molecule has 0 bridgehead atoms. The first-order valence-electron chi connectivity index (χ1n) is 8.44. The van der Waals surface area contributed by atoms with E-state index in [1.165, 1.54) is 13.3 Å². The smallest absolute Gasteiger partial charge is 0.174 e. The van der Waals surface area contributed by atoms with E-state index in [-0.39, 0.29) is 33.3 Å². The molecule has 2 aromatic heterocycles. The molecule has 0 radical (unpaired) electrons. The van der Waals surface area contributed by atoms with Crippen LogP contribution in [0.1, 0.15) is 5.56 Å². The van der Waals surface area contributed by atoms with Crippen LogP contribution in [0.3, 0.4) is 0 Å². The molecule has 3 N–H and O–H groups in total. The van der Waals surface area contributed by atoms with Crippen LogP contribution < -0.4 is 10.5 Å². The third-order valence-electron chi connectivity index (χ3n) is 4.62. The van der Waals surface area contributed by atoms with Gasteiger partial charge in [-0.1, -0.05) is 12.1 Å². The number of pyridine rings is 1. The number of benzene rings is 2. The minimum absolute atomic E-state index is 0.0217. The molecule has 144 valence electrons. The van der Waals surface area contributed by atoms with Gasteiger partial charge in [0.1, 0.15) is 23.5 Å². The molecular formula is C21H13F3N4O. The molecule has 0 aliphatic heterocycles. The third-order valence-corrected chi connectivity index (χ3v) is 4.62. The van der Waals surface area contributed by atoms with E-state index in [4.69, 9.17) is 10.5 Å². The van der Waals surface area contributed by atoms with E-state index >= 15 is 0 Å². The van der Waals surface area contributed by atoms with Crippen molar-refractivity contribution in [1.82, 2.24) is 9.97 Å². The number of methoxy groups -OCH3 is 1. The van der Waals surface area contributed by atoms with Gasteiger partial charge in [0.15, 0.2) is 11.6 Å². The lowest BCUT2D eigenvalue weighted by molar-refractivity contribution is 0.415. The monoisotopic (exact) mass is 394 g/mol. The molecule has 0 spiro atoms. The summed E-state index contributed by atoms with van der Waals surface area (Å²) in [4.78, 5) is 6.71. The summed E-state index contributed by atoms with van der Waals surface area (Å²) in [5.41, 5.74) is 6.29. The van der Waals surface area contributed by atoms with E-state index in [0.717, 1.165) is 12.1 Å². The summed E-state index contributed by atoms with van der Waals surface area (Å²) in [7, 11) is 1.49. The molecule has 0 fully saturated rings. The first-order chi connectivity index (χ1) is 13.9. The van der Waals surface area contributed by atoms with Gasteiger partial charge in [0.2, 0.25) is 0 Å². The average molecular weight is 394 g/mol. The number of hydrogen-bond acceptors (Lipinski definition) is 4. The van der Waals surface area contributed by atoms with Gasteiger partial charge in [-0.05, 0) is 23.8 Å². The number of nitrogens with one attached hydrogen (secondary N) is 1. The van der Waals surface area contributed by atoms with Crippen molar-refractivity contribution < 1.29 is 17.9 Å². The molecule has 5 nitrogen and oxygen atoms in total. The predicted molar refractivity (Wildman–Crippen MR) is 103 cm³/mol. The summed E-state index contributed by atoms with van der Waals surface area (Å²) >= 11 is 0. The number of ether oxygens (including phenoxy) is 1. The lowest BCUT2D eigenvalue weighted by atomic mass is 9.95. The highest BCUT2D eigenvalue weighted by Gasteiger charge is 2.23. The molecule has 0 atom stereocenters. The Labute approximate surface area is 163 Å². The van der Waals surface area contributed by atoms with E-state index in [0.29, 0.717) is 11.3 Å². The van der Waals surface area contributed by atoms with Gasteiger partial charge >= 0.3 is 0 Å². The second-order valence-corrected chi connectivity index (χ2v) is 6.26. The zero-order chi connectivity index (χ0) is 20.7. The van der Waals surface area contributed by atoms with Gasteiger partial charge in [0, 0.05) is 28.8 Å². The van der Waals surface area contributed by atoms with Crippen LogP contribution >= 0.6 is 0 Å². The Balaban J connectivity index is 2.03. The quantitative estimate of drug-likeness (QED) is 0.524. The van der Waals surface area contributed by atoms with Crippen LogP contribution in [0.25, 0.3) is 33.3 Å². The number of nitriles is 1. The van der Waals surface area contributed by atoms with Crippen molar-refractivity contribution in [3.8, 4) is 34.2 Å². The van der Waals surface area contributed by atoms with Crippen molar-refractivity contribution in [2.45, 2.75) is 0 Å². The maximum atomic E-state index is 14.9. The van der Waals surface area contributed by atoms with Crippen molar-refractivity contribution in [1.29, 1.82) is 5.26 Å². The van der Waals surface area contributed by atoms with E-state index in [9.17, 15) is 18.4 Å². The van der Waals surface area contributed by atoms with Crippen LogP contribution in [0, 0.1) is 28.8 Å². The Kier molecular flexibility index (Phi) is 4.35. The summed E-state index contributed by atoms with van der Waals surface area (Å²) in [6.07, 6.45) is 1.38. The van der Waals surface area contributed by atoms with Crippen LogP contribution in [-0.2, 0) is 0 Å². The van der Waals surface area contributed by atoms with Crippen molar-refractivity contribution in [3.63, 3.8) is 0 Å². The molecule has 0 saturated carbocycles. The lowest BCUT2D eigenvalue weighted by Gasteiger charge is -2.12. The molecule has 2 aromatic carbocycles. The summed E-state index contributed by atoms with van der Waals surface area (Å²) < 4.78 is 47.8. The van der Waals surface area contributed by atoms with E-state index in [1.54, 1.807) is 24.3 Å². The SMILES string of the molecule is COc1ccc(-c2c(F)c(N)nc(-c3c[nH]c4c(F)cc(F)cc34)c2C#N)cc1. The fourth-order valence-corrected chi connectivity index (χ4v) is 3.26. The fraction of sp³-hybridized carbons (Fsp3) is 0.0476. The van der Waals surface area contributed by atoms with Crippen LogP contribution in [0.5, 0.6) is 5.75 Å². The van der Waals surface area contributed by atoms with Crippen molar-refractivity contribution in [2.75, 3.05) is 12.8 Å². The highest BCUT2D eigenvalue weighted by atomic mass is 19.1. The molecule has 2 heterocycles. The first-order valence-corrected chi connectivity index (χ1v) is 8.44. The third kappa shape index (κ3) is 2.93. The second kappa shape index (κ2) is 6.87. The highest BCUT2D eigenvalue weighted by Crippen LogP contribution is 2.38. The Morgan fingerprint density at radius 2 is 1.86 bits per heavy atom. The van der Waals surface area contributed by atoms with E-state index in [2.05, 4.69) is 9.97 Å². The maximum absolute atomic E-state index is 14.9. The molecule has 29 heavy (non-hydrogen) atoms. The van der Waals surface area contributed by atoms with Gasteiger partial charge in [0.25, 0.3) is 0 Å². The maximum Gasteiger partial charge on any atom is 0.174 e. The van der Waals surface area contributed by atoms with Gasteiger partial charge in [-0.25, -0.2) is 18.2 Å². The number of nitrogens with two attached hydrogens (primary N) is 1. The first kappa shape index (κ1) is 18.4. The van der Waals surface area contributed by atoms with Gasteiger partial charge in [-0.15, -0.1) is 0 Å². The highest BCUT2D eigenvalue weighted by molar-refractivity contribution is 5.98. The van der Waals surface area contributed by atoms with Crippen molar-refractivity contribution in [2.24, 2.45) is 0 Å². The lowest BCUT2D eigenvalue weighted by Crippen LogP contribution is -2.04. The number of anilines is 1. The van der Waals surface area contributed by atoms with Crippen LogP contribution in [0.2, 0.25) is 0 Å². The van der Waals surface area contributed by atoms with Crippen molar-refractivity contribution in [3.05, 3.63) is 65.6 Å².